The largest absolute Gasteiger partial charge is 0.342 e. The van der Waals surface area contributed by atoms with Crippen LogP contribution in [-0.2, 0) is 4.79 Å². The van der Waals surface area contributed by atoms with Gasteiger partial charge in [-0.05, 0) is 30.9 Å². The Morgan fingerprint density at radius 2 is 1.80 bits per heavy atom. The lowest BCUT2D eigenvalue weighted by Gasteiger charge is -2.19. The Hall–Kier alpha value is -1.64. The number of hydrogen-bond acceptors (Lipinski definition) is 2. The third kappa shape index (κ3) is 5.55. The second-order valence-electron chi connectivity index (χ2n) is 5.59. The van der Waals surface area contributed by atoms with E-state index in [1.54, 1.807) is 12.1 Å². The molecule has 0 radical (unpaired) electrons. The number of unbranched alkanes of at least 4 members (excludes halogenated alkanes) is 1. The number of Topliss-reactive ketones (excluding diaryl/α,β-unsaturated/α-hetero) is 1. The Kier molecular flexibility index (Phi) is 6.99. The lowest BCUT2D eigenvalue weighted by atomic mass is 9.97. The second-order valence-corrected chi connectivity index (χ2v) is 5.59. The molecule has 0 aliphatic rings. The summed E-state index contributed by atoms with van der Waals surface area (Å²) in [6, 6.07) is 8.68. The fourth-order valence-electron chi connectivity index (χ4n) is 2.10. The van der Waals surface area contributed by atoms with Crippen molar-refractivity contribution in [1.82, 2.24) is 5.32 Å². The van der Waals surface area contributed by atoms with Gasteiger partial charge in [0.2, 0.25) is 0 Å². The van der Waals surface area contributed by atoms with Crippen LogP contribution in [0.15, 0.2) is 30.3 Å². The van der Waals surface area contributed by atoms with E-state index >= 15 is 0 Å². The van der Waals surface area contributed by atoms with E-state index in [4.69, 9.17) is 0 Å². The molecule has 0 saturated carbocycles. The maximum Gasteiger partial charge on any atom is 0.251 e. The van der Waals surface area contributed by atoms with Crippen LogP contribution in [0.4, 0.5) is 0 Å². The standard InChI is InChI=1S/C17H25NO2/c1-4-5-11-16(19)15(12-13(2)3)18-17(20)14-9-7-6-8-10-14/h6-10,13,15H,4-5,11-12H2,1-3H3,(H,18,20)/t15-/m0/s1. The van der Waals surface area contributed by atoms with E-state index in [-0.39, 0.29) is 17.7 Å². The molecule has 0 spiro atoms. The smallest absolute Gasteiger partial charge is 0.251 e. The monoisotopic (exact) mass is 275 g/mol. The van der Waals surface area contributed by atoms with Crippen LogP contribution in [0.25, 0.3) is 0 Å². The first-order chi connectivity index (χ1) is 9.54. The predicted molar refractivity (Wildman–Crippen MR) is 81.7 cm³/mol. The molecule has 110 valence electrons. The second kappa shape index (κ2) is 8.51. The third-order valence-electron chi connectivity index (χ3n) is 3.21. The lowest BCUT2D eigenvalue weighted by molar-refractivity contribution is -0.121. The Morgan fingerprint density at radius 1 is 1.15 bits per heavy atom. The van der Waals surface area contributed by atoms with Crippen LogP contribution in [0, 0.1) is 5.92 Å². The number of nitrogens with one attached hydrogen (secondary N) is 1. The molecule has 1 amide bonds. The van der Waals surface area contributed by atoms with Crippen molar-refractivity contribution in [1.29, 1.82) is 0 Å². The van der Waals surface area contributed by atoms with Gasteiger partial charge in [0.1, 0.15) is 0 Å². The molecule has 1 aromatic carbocycles. The van der Waals surface area contributed by atoms with Crippen LogP contribution in [0.1, 0.15) is 56.8 Å². The van der Waals surface area contributed by atoms with Gasteiger partial charge in [0.05, 0.1) is 6.04 Å². The minimum atomic E-state index is -0.366. The van der Waals surface area contributed by atoms with Crippen molar-refractivity contribution in [2.24, 2.45) is 5.92 Å². The average Bonchev–Trinajstić information content (AvgIpc) is 2.44. The van der Waals surface area contributed by atoms with Gasteiger partial charge in [0.25, 0.3) is 5.91 Å². The van der Waals surface area contributed by atoms with Crippen molar-refractivity contribution in [2.45, 2.75) is 52.5 Å². The van der Waals surface area contributed by atoms with E-state index in [0.717, 1.165) is 12.8 Å². The van der Waals surface area contributed by atoms with Gasteiger partial charge in [-0.2, -0.15) is 0 Å². The molecule has 0 saturated heterocycles. The SMILES string of the molecule is CCCCC(=O)[C@H](CC(C)C)NC(=O)c1ccccc1. The van der Waals surface area contributed by atoms with Crippen LogP contribution in [-0.4, -0.2) is 17.7 Å². The Bertz CT molecular complexity index is 426. The molecule has 0 aliphatic heterocycles. The zero-order valence-electron chi connectivity index (χ0n) is 12.7. The molecule has 0 aromatic heterocycles. The minimum Gasteiger partial charge on any atom is -0.342 e. The third-order valence-corrected chi connectivity index (χ3v) is 3.21. The van der Waals surface area contributed by atoms with Crippen molar-refractivity contribution >= 4 is 11.7 Å². The van der Waals surface area contributed by atoms with Crippen molar-refractivity contribution < 1.29 is 9.59 Å². The van der Waals surface area contributed by atoms with Gasteiger partial charge >= 0.3 is 0 Å². The summed E-state index contributed by atoms with van der Waals surface area (Å²) >= 11 is 0. The normalized spacial score (nSPS) is 12.2. The summed E-state index contributed by atoms with van der Waals surface area (Å²) < 4.78 is 0. The highest BCUT2D eigenvalue weighted by Crippen LogP contribution is 2.10. The first kappa shape index (κ1) is 16.4. The van der Waals surface area contributed by atoms with Crippen molar-refractivity contribution in [3.05, 3.63) is 35.9 Å². The number of hydrogen-bond donors (Lipinski definition) is 1. The van der Waals surface area contributed by atoms with Crippen LogP contribution in [0.3, 0.4) is 0 Å². The molecule has 1 N–H and O–H groups in total. The summed E-state index contributed by atoms with van der Waals surface area (Å²) in [7, 11) is 0. The van der Waals surface area contributed by atoms with Gasteiger partial charge in [-0.15, -0.1) is 0 Å². The molecular formula is C17H25NO2. The summed E-state index contributed by atoms with van der Waals surface area (Å²) in [6.45, 7) is 6.19. The van der Waals surface area contributed by atoms with Crippen molar-refractivity contribution in [3.8, 4) is 0 Å². The minimum absolute atomic E-state index is 0.143. The molecule has 0 unspecified atom stereocenters. The molecule has 1 aromatic rings. The molecule has 20 heavy (non-hydrogen) atoms. The quantitative estimate of drug-likeness (QED) is 0.788. The molecule has 0 aliphatic carbocycles. The average molecular weight is 275 g/mol. The summed E-state index contributed by atoms with van der Waals surface area (Å²) in [6.07, 6.45) is 3.12. The first-order valence-electron chi connectivity index (χ1n) is 7.43. The van der Waals surface area contributed by atoms with E-state index in [1.165, 1.54) is 0 Å². The molecule has 3 nitrogen and oxygen atoms in total. The number of carbonyl (C=O) groups is 2. The Labute approximate surface area is 121 Å². The lowest BCUT2D eigenvalue weighted by Crippen LogP contribution is -2.41. The number of ketones is 1. The highest BCUT2D eigenvalue weighted by atomic mass is 16.2. The predicted octanol–water partition coefficient (Wildman–Crippen LogP) is 3.59. The Morgan fingerprint density at radius 3 is 2.35 bits per heavy atom. The molecule has 0 bridgehead atoms. The van der Waals surface area contributed by atoms with Gasteiger partial charge in [0, 0.05) is 12.0 Å². The zero-order valence-corrected chi connectivity index (χ0v) is 12.7. The van der Waals surface area contributed by atoms with E-state index in [9.17, 15) is 9.59 Å². The van der Waals surface area contributed by atoms with E-state index in [1.807, 2.05) is 18.2 Å². The zero-order chi connectivity index (χ0) is 15.0. The first-order valence-corrected chi connectivity index (χ1v) is 7.43. The molecule has 0 fully saturated rings. The van der Waals surface area contributed by atoms with E-state index in [0.29, 0.717) is 24.3 Å². The maximum atomic E-state index is 12.2. The Balaban J connectivity index is 2.69. The highest BCUT2D eigenvalue weighted by Gasteiger charge is 2.21. The summed E-state index contributed by atoms with van der Waals surface area (Å²) in [5.74, 6) is 0.354. The fraction of sp³-hybridized carbons (Fsp3) is 0.529. The van der Waals surface area contributed by atoms with Crippen molar-refractivity contribution in [2.75, 3.05) is 0 Å². The maximum absolute atomic E-state index is 12.2. The number of rotatable bonds is 8. The van der Waals surface area contributed by atoms with E-state index in [2.05, 4.69) is 26.1 Å². The summed E-state index contributed by atoms with van der Waals surface area (Å²) in [4.78, 5) is 24.3. The summed E-state index contributed by atoms with van der Waals surface area (Å²) in [5.41, 5.74) is 0.601. The highest BCUT2D eigenvalue weighted by molar-refractivity contribution is 5.97. The molecule has 1 atom stereocenters. The van der Waals surface area contributed by atoms with Crippen LogP contribution in [0.2, 0.25) is 0 Å². The van der Waals surface area contributed by atoms with Gasteiger partial charge in [0.15, 0.2) is 5.78 Å². The van der Waals surface area contributed by atoms with Crippen LogP contribution >= 0.6 is 0 Å². The molecule has 3 heteroatoms. The van der Waals surface area contributed by atoms with Gasteiger partial charge in [-0.1, -0.05) is 45.4 Å². The van der Waals surface area contributed by atoms with Crippen molar-refractivity contribution in [3.63, 3.8) is 0 Å². The fourth-order valence-corrected chi connectivity index (χ4v) is 2.10. The number of amides is 1. The molecule has 1 rings (SSSR count). The van der Waals surface area contributed by atoms with E-state index < -0.39 is 0 Å². The number of carbonyl (C=O) groups excluding carboxylic acids is 2. The van der Waals surface area contributed by atoms with Gasteiger partial charge in [-0.3, -0.25) is 9.59 Å². The molecular weight excluding hydrogens is 250 g/mol. The van der Waals surface area contributed by atoms with Gasteiger partial charge < -0.3 is 5.32 Å². The summed E-state index contributed by atoms with van der Waals surface area (Å²) in [5, 5.41) is 2.88. The van der Waals surface area contributed by atoms with Crippen LogP contribution < -0.4 is 5.32 Å². The van der Waals surface area contributed by atoms with Gasteiger partial charge in [-0.25, -0.2) is 0 Å². The molecule has 0 heterocycles. The van der Waals surface area contributed by atoms with Crippen LogP contribution in [0.5, 0.6) is 0 Å². The topological polar surface area (TPSA) is 46.2 Å². The number of benzene rings is 1.